The summed E-state index contributed by atoms with van der Waals surface area (Å²) in [6.45, 7) is 4.15. The van der Waals surface area contributed by atoms with Crippen LogP contribution in [0.5, 0.6) is 0 Å². The summed E-state index contributed by atoms with van der Waals surface area (Å²) in [5, 5.41) is 0. The van der Waals surface area contributed by atoms with Gasteiger partial charge in [0.15, 0.2) is 0 Å². The lowest BCUT2D eigenvalue weighted by molar-refractivity contribution is -0.122. The lowest BCUT2D eigenvalue weighted by atomic mass is 9.97. The summed E-state index contributed by atoms with van der Waals surface area (Å²) in [6, 6.07) is 0. The molecule has 0 N–H and O–H groups in total. The zero-order chi connectivity index (χ0) is 8.27. The maximum absolute atomic E-state index is 11.3. The van der Waals surface area contributed by atoms with E-state index in [0.29, 0.717) is 11.7 Å². The molecule has 0 aromatic rings. The highest BCUT2D eigenvalue weighted by atomic mass is 16.1. The Kier molecular flexibility index (Phi) is 3.10. The number of Topliss-reactive ketones (excluding diaryl/α,β-unsaturated/α-hetero) is 1. The average Bonchev–Trinajstić information content (AvgIpc) is 2.72. The first kappa shape index (κ1) is 8.76. The van der Waals surface area contributed by atoms with Gasteiger partial charge in [-0.05, 0) is 18.8 Å². The molecule has 1 atom stereocenters. The quantitative estimate of drug-likeness (QED) is 0.595. The van der Waals surface area contributed by atoms with Gasteiger partial charge in [0.25, 0.3) is 0 Å². The van der Waals surface area contributed by atoms with E-state index in [0.717, 1.165) is 25.2 Å². The highest BCUT2D eigenvalue weighted by molar-refractivity contribution is 5.80. The SMILES string of the molecule is CCCC(=O)C(C)CC1CC1. The third kappa shape index (κ3) is 3.04. The van der Waals surface area contributed by atoms with Crippen LogP contribution in [0.25, 0.3) is 0 Å². The summed E-state index contributed by atoms with van der Waals surface area (Å²) >= 11 is 0. The maximum Gasteiger partial charge on any atom is 0.135 e. The van der Waals surface area contributed by atoms with E-state index in [4.69, 9.17) is 0 Å². The predicted molar refractivity (Wildman–Crippen MR) is 46.4 cm³/mol. The third-order valence-corrected chi connectivity index (χ3v) is 2.43. The smallest absolute Gasteiger partial charge is 0.135 e. The van der Waals surface area contributed by atoms with Gasteiger partial charge in [0, 0.05) is 12.3 Å². The molecule has 0 aromatic heterocycles. The number of hydrogen-bond acceptors (Lipinski definition) is 1. The van der Waals surface area contributed by atoms with Gasteiger partial charge in [-0.2, -0.15) is 0 Å². The van der Waals surface area contributed by atoms with Gasteiger partial charge in [-0.1, -0.05) is 26.7 Å². The fourth-order valence-corrected chi connectivity index (χ4v) is 1.48. The lowest BCUT2D eigenvalue weighted by Gasteiger charge is -2.07. The Morgan fingerprint density at radius 1 is 1.55 bits per heavy atom. The van der Waals surface area contributed by atoms with Crippen molar-refractivity contribution in [3.05, 3.63) is 0 Å². The molecule has 0 amide bonds. The molecule has 1 aliphatic carbocycles. The molecule has 0 radical (unpaired) electrons. The van der Waals surface area contributed by atoms with Gasteiger partial charge in [-0.3, -0.25) is 4.79 Å². The van der Waals surface area contributed by atoms with Gasteiger partial charge in [-0.15, -0.1) is 0 Å². The van der Waals surface area contributed by atoms with E-state index in [1.165, 1.54) is 12.8 Å². The molecule has 1 nitrogen and oxygen atoms in total. The molecule has 1 aliphatic rings. The molecule has 64 valence electrons. The van der Waals surface area contributed by atoms with E-state index in [1.807, 2.05) is 0 Å². The Hall–Kier alpha value is -0.330. The minimum Gasteiger partial charge on any atom is -0.299 e. The molecular formula is C10H18O. The normalized spacial score (nSPS) is 19.8. The van der Waals surface area contributed by atoms with Gasteiger partial charge in [0.1, 0.15) is 5.78 Å². The van der Waals surface area contributed by atoms with Crippen LogP contribution < -0.4 is 0 Å². The van der Waals surface area contributed by atoms with Crippen molar-refractivity contribution in [2.45, 2.75) is 46.0 Å². The van der Waals surface area contributed by atoms with E-state index in [-0.39, 0.29) is 0 Å². The van der Waals surface area contributed by atoms with E-state index in [2.05, 4.69) is 13.8 Å². The Morgan fingerprint density at radius 2 is 2.18 bits per heavy atom. The van der Waals surface area contributed by atoms with Crippen LogP contribution in [0, 0.1) is 11.8 Å². The van der Waals surface area contributed by atoms with Crippen LogP contribution in [0.1, 0.15) is 46.0 Å². The average molecular weight is 154 g/mol. The van der Waals surface area contributed by atoms with Crippen molar-refractivity contribution in [2.24, 2.45) is 11.8 Å². The van der Waals surface area contributed by atoms with Crippen molar-refractivity contribution >= 4 is 5.78 Å². The van der Waals surface area contributed by atoms with Crippen molar-refractivity contribution in [3.63, 3.8) is 0 Å². The third-order valence-electron chi connectivity index (χ3n) is 2.43. The zero-order valence-electron chi connectivity index (χ0n) is 7.60. The summed E-state index contributed by atoms with van der Waals surface area (Å²) in [5.74, 6) is 1.70. The highest BCUT2D eigenvalue weighted by Gasteiger charge is 2.25. The molecule has 1 unspecified atom stereocenters. The summed E-state index contributed by atoms with van der Waals surface area (Å²) in [5.41, 5.74) is 0. The molecule has 11 heavy (non-hydrogen) atoms. The standard InChI is InChI=1S/C10H18O/c1-3-4-10(11)8(2)7-9-5-6-9/h8-9H,3-7H2,1-2H3. The molecule has 0 spiro atoms. The molecular weight excluding hydrogens is 136 g/mol. The first-order valence-corrected chi connectivity index (χ1v) is 4.76. The fourth-order valence-electron chi connectivity index (χ4n) is 1.48. The summed E-state index contributed by atoms with van der Waals surface area (Å²) in [4.78, 5) is 11.3. The van der Waals surface area contributed by atoms with Gasteiger partial charge in [0.2, 0.25) is 0 Å². The van der Waals surface area contributed by atoms with E-state index in [9.17, 15) is 4.79 Å². The van der Waals surface area contributed by atoms with Gasteiger partial charge >= 0.3 is 0 Å². The number of rotatable bonds is 5. The van der Waals surface area contributed by atoms with Crippen LogP contribution in [-0.4, -0.2) is 5.78 Å². The number of ketones is 1. The second-order valence-corrected chi connectivity index (χ2v) is 3.80. The minimum atomic E-state index is 0.336. The van der Waals surface area contributed by atoms with E-state index >= 15 is 0 Å². The van der Waals surface area contributed by atoms with E-state index < -0.39 is 0 Å². The molecule has 1 saturated carbocycles. The van der Waals surface area contributed by atoms with Crippen LogP contribution >= 0.6 is 0 Å². The van der Waals surface area contributed by atoms with Crippen LogP contribution in [0.2, 0.25) is 0 Å². The van der Waals surface area contributed by atoms with Crippen molar-refractivity contribution in [1.82, 2.24) is 0 Å². The summed E-state index contributed by atoms with van der Waals surface area (Å²) < 4.78 is 0. The molecule has 0 aromatic carbocycles. The Balaban J connectivity index is 2.15. The van der Waals surface area contributed by atoms with Gasteiger partial charge in [0.05, 0.1) is 0 Å². The summed E-state index contributed by atoms with van der Waals surface area (Å²) in [7, 11) is 0. The van der Waals surface area contributed by atoms with E-state index in [1.54, 1.807) is 0 Å². The molecule has 1 rings (SSSR count). The number of carbonyl (C=O) groups excluding carboxylic acids is 1. The predicted octanol–water partition coefficient (Wildman–Crippen LogP) is 2.79. The first-order chi connectivity index (χ1) is 5.24. The van der Waals surface area contributed by atoms with Gasteiger partial charge < -0.3 is 0 Å². The topological polar surface area (TPSA) is 17.1 Å². The molecule has 1 fully saturated rings. The largest absolute Gasteiger partial charge is 0.299 e. The molecule has 0 bridgehead atoms. The van der Waals surface area contributed by atoms with Crippen molar-refractivity contribution < 1.29 is 4.79 Å². The molecule has 1 heteroatoms. The van der Waals surface area contributed by atoms with Crippen LogP contribution in [0.4, 0.5) is 0 Å². The molecule has 0 heterocycles. The Morgan fingerprint density at radius 3 is 2.64 bits per heavy atom. The second-order valence-electron chi connectivity index (χ2n) is 3.80. The van der Waals surface area contributed by atoms with Crippen molar-refractivity contribution in [2.75, 3.05) is 0 Å². The minimum absolute atomic E-state index is 0.336. The lowest BCUT2D eigenvalue weighted by Crippen LogP contribution is -2.10. The number of hydrogen-bond donors (Lipinski definition) is 0. The monoisotopic (exact) mass is 154 g/mol. The highest BCUT2D eigenvalue weighted by Crippen LogP contribution is 2.35. The fraction of sp³-hybridized carbons (Fsp3) is 0.900. The second kappa shape index (κ2) is 3.89. The van der Waals surface area contributed by atoms with Gasteiger partial charge in [-0.25, -0.2) is 0 Å². The maximum atomic E-state index is 11.3. The zero-order valence-corrected chi connectivity index (χ0v) is 7.60. The van der Waals surface area contributed by atoms with Crippen LogP contribution in [0.15, 0.2) is 0 Å². The molecule has 0 aliphatic heterocycles. The Labute approximate surface area is 69.2 Å². The first-order valence-electron chi connectivity index (χ1n) is 4.76. The van der Waals surface area contributed by atoms with Crippen molar-refractivity contribution in [1.29, 1.82) is 0 Å². The Bertz CT molecular complexity index is 136. The molecule has 0 saturated heterocycles. The van der Waals surface area contributed by atoms with Crippen molar-refractivity contribution in [3.8, 4) is 0 Å². The van der Waals surface area contributed by atoms with Crippen LogP contribution in [0.3, 0.4) is 0 Å². The summed E-state index contributed by atoms with van der Waals surface area (Å²) in [6.07, 6.45) is 5.67. The van der Waals surface area contributed by atoms with Crippen LogP contribution in [-0.2, 0) is 4.79 Å². The number of carbonyl (C=O) groups is 1.